The maximum atomic E-state index is 12.9. The van der Waals surface area contributed by atoms with Gasteiger partial charge in [0.15, 0.2) is 0 Å². The van der Waals surface area contributed by atoms with Crippen molar-refractivity contribution < 1.29 is 14.0 Å². The summed E-state index contributed by atoms with van der Waals surface area (Å²) in [5.41, 5.74) is 0.994. The molecule has 2 rings (SSSR count). The molecule has 5 heteroatoms. The summed E-state index contributed by atoms with van der Waals surface area (Å²) in [6.45, 7) is 3.10. The molecule has 1 aromatic rings. The van der Waals surface area contributed by atoms with Crippen LogP contribution in [0.4, 0.5) is 4.39 Å². The molecule has 1 fully saturated rings. The van der Waals surface area contributed by atoms with Crippen LogP contribution in [0.5, 0.6) is 0 Å². The van der Waals surface area contributed by atoms with Crippen LogP contribution in [0.1, 0.15) is 44.6 Å². The number of carbonyl (C=O) groups is 2. The lowest BCUT2D eigenvalue weighted by molar-refractivity contribution is -0.130. The third-order valence-corrected chi connectivity index (χ3v) is 4.69. The molecule has 0 heterocycles. The molecule has 1 N–H and O–H groups in total. The number of hydrogen-bond acceptors (Lipinski definition) is 2. The van der Waals surface area contributed by atoms with Gasteiger partial charge in [0, 0.05) is 32.5 Å². The van der Waals surface area contributed by atoms with Gasteiger partial charge < -0.3 is 10.2 Å². The first-order valence-corrected chi connectivity index (χ1v) is 8.84. The van der Waals surface area contributed by atoms with Crippen molar-refractivity contribution >= 4 is 11.8 Å². The van der Waals surface area contributed by atoms with Gasteiger partial charge in [-0.3, -0.25) is 9.59 Å². The molecule has 2 amide bonds. The van der Waals surface area contributed by atoms with Gasteiger partial charge in [-0.25, -0.2) is 4.39 Å². The van der Waals surface area contributed by atoms with Gasteiger partial charge in [0.1, 0.15) is 5.82 Å². The van der Waals surface area contributed by atoms with E-state index in [0.29, 0.717) is 26.1 Å². The smallest absolute Gasteiger partial charge is 0.223 e. The van der Waals surface area contributed by atoms with Crippen LogP contribution in [0.15, 0.2) is 24.3 Å². The van der Waals surface area contributed by atoms with E-state index in [9.17, 15) is 14.0 Å². The van der Waals surface area contributed by atoms with Crippen molar-refractivity contribution in [2.75, 3.05) is 19.6 Å². The van der Waals surface area contributed by atoms with E-state index in [1.54, 1.807) is 17.0 Å². The van der Waals surface area contributed by atoms with Crippen LogP contribution in [0.2, 0.25) is 0 Å². The molecular formula is C19H27FN2O2. The van der Waals surface area contributed by atoms with E-state index in [-0.39, 0.29) is 23.5 Å². The topological polar surface area (TPSA) is 49.4 Å². The zero-order valence-corrected chi connectivity index (χ0v) is 14.4. The van der Waals surface area contributed by atoms with Crippen LogP contribution >= 0.6 is 0 Å². The SMILES string of the molecule is CC(=O)N(CCNC(=O)C1CCCCC1)CCc1ccc(F)cc1. The monoisotopic (exact) mass is 334 g/mol. The second kappa shape index (κ2) is 9.40. The first kappa shape index (κ1) is 18.4. The lowest BCUT2D eigenvalue weighted by Gasteiger charge is -2.24. The van der Waals surface area contributed by atoms with Gasteiger partial charge in [-0.2, -0.15) is 0 Å². The predicted octanol–water partition coefficient (Wildman–Crippen LogP) is 2.91. The molecular weight excluding hydrogens is 307 g/mol. The number of rotatable bonds is 7. The Morgan fingerprint density at radius 2 is 1.79 bits per heavy atom. The van der Waals surface area contributed by atoms with E-state index in [2.05, 4.69) is 5.32 Å². The normalized spacial score (nSPS) is 15.1. The van der Waals surface area contributed by atoms with E-state index in [1.165, 1.54) is 25.5 Å². The number of benzene rings is 1. The minimum Gasteiger partial charge on any atom is -0.354 e. The first-order chi connectivity index (χ1) is 11.6. The van der Waals surface area contributed by atoms with Crippen molar-refractivity contribution in [2.45, 2.75) is 45.4 Å². The van der Waals surface area contributed by atoms with E-state index in [0.717, 1.165) is 31.2 Å². The molecule has 1 aromatic carbocycles. The summed E-state index contributed by atoms with van der Waals surface area (Å²) in [6.07, 6.45) is 6.13. The average Bonchev–Trinajstić information content (AvgIpc) is 2.59. The Balaban J connectivity index is 1.73. The van der Waals surface area contributed by atoms with Crippen LogP contribution in [-0.2, 0) is 16.0 Å². The van der Waals surface area contributed by atoms with Gasteiger partial charge in [0.2, 0.25) is 11.8 Å². The molecule has 0 radical (unpaired) electrons. The summed E-state index contributed by atoms with van der Waals surface area (Å²) >= 11 is 0. The van der Waals surface area contributed by atoms with Crippen molar-refractivity contribution in [2.24, 2.45) is 5.92 Å². The van der Waals surface area contributed by atoms with Gasteiger partial charge in [-0.15, -0.1) is 0 Å². The summed E-state index contributed by atoms with van der Waals surface area (Å²) < 4.78 is 12.9. The number of nitrogens with one attached hydrogen (secondary N) is 1. The third-order valence-electron chi connectivity index (χ3n) is 4.69. The molecule has 0 bridgehead atoms. The fourth-order valence-corrected chi connectivity index (χ4v) is 3.17. The fourth-order valence-electron chi connectivity index (χ4n) is 3.17. The molecule has 1 aliphatic carbocycles. The van der Waals surface area contributed by atoms with Crippen molar-refractivity contribution in [1.29, 1.82) is 0 Å². The van der Waals surface area contributed by atoms with Gasteiger partial charge in [-0.05, 0) is 37.0 Å². The van der Waals surface area contributed by atoms with E-state index in [1.807, 2.05) is 0 Å². The second-order valence-corrected chi connectivity index (χ2v) is 6.51. The van der Waals surface area contributed by atoms with E-state index in [4.69, 9.17) is 0 Å². The Labute approximate surface area is 143 Å². The first-order valence-electron chi connectivity index (χ1n) is 8.84. The van der Waals surface area contributed by atoms with Crippen LogP contribution in [-0.4, -0.2) is 36.3 Å². The summed E-state index contributed by atoms with van der Waals surface area (Å²) in [4.78, 5) is 25.6. The number of hydrogen-bond donors (Lipinski definition) is 1. The Morgan fingerprint density at radius 3 is 2.42 bits per heavy atom. The minimum absolute atomic E-state index is 0.0102. The van der Waals surface area contributed by atoms with E-state index < -0.39 is 0 Å². The van der Waals surface area contributed by atoms with Crippen LogP contribution < -0.4 is 5.32 Å². The molecule has 0 unspecified atom stereocenters. The largest absolute Gasteiger partial charge is 0.354 e. The van der Waals surface area contributed by atoms with Gasteiger partial charge in [0.05, 0.1) is 0 Å². The number of halogens is 1. The highest BCUT2D eigenvalue weighted by atomic mass is 19.1. The quantitative estimate of drug-likeness (QED) is 0.833. The predicted molar refractivity (Wildman–Crippen MR) is 91.9 cm³/mol. The zero-order chi connectivity index (χ0) is 17.4. The molecule has 1 saturated carbocycles. The molecule has 4 nitrogen and oxygen atoms in total. The Kier molecular flexibility index (Phi) is 7.22. The van der Waals surface area contributed by atoms with Crippen molar-refractivity contribution in [1.82, 2.24) is 10.2 Å². The third kappa shape index (κ3) is 5.95. The van der Waals surface area contributed by atoms with Crippen molar-refractivity contribution in [3.8, 4) is 0 Å². The lowest BCUT2D eigenvalue weighted by atomic mass is 9.89. The van der Waals surface area contributed by atoms with Crippen LogP contribution in [0.3, 0.4) is 0 Å². The average molecular weight is 334 g/mol. The lowest BCUT2D eigenvalue weighted by Crippen LogP contribution is -2.40. The standard InChI is InChI=1S/C19H27FN2O2/c1-15(23)22(13-11-16-7-9-18(20)10-8-16)14-12-21-19(24)17-5-3-2-4-6-17/h7-10,17H,2-6,11-14H2,1H3,(H,21,24). The van der Waals surface area contributed by atoms with Crippen LogP contribution in [0.25, 0.3) is 0 Å². The highest BCUT2D eigenvalue weighted by molar-refractivity contribution is 5.78. The fraction of sp³-hybridized carbons (Fsp3) is 0.579. The summed E-state index contributed by atoms with van der Waals surface area (Å²) in [6, 6.07) is 6.33. The molecule has 132 valence electrons. The summed E-state index contributed by atoms with van der Waals surface area (Å²) in [5, 5.41) is 2.96. The molecule has 0 aliphatic heterocycles. The Hall–Kier alpha value is -1.91. The Morgan fingerprint density at radius 1 is 1.12 bits per heavy atom. The molecule has 0 saturated heterocycles. The van der Waals surface area contributed by atoms with Gasteiger partial charge in [-0.1, -0.05) is 31.4 Å². The van der Waals surface area contributed by atoms with Crippen molar-refractivity contribution in [3.63, 3.8) is 0 Å². The minimum atomic E-state index is -0.257. The summed E-state index contributed by atoms with van der Waals surface area (Å²) in [5.74, 6) is -0.00268. The second-order valence-electron chi connectivity index (χ2n) is 6.51. The highest BCUT2D eigenvalue weighted by Gasteiger charge is 2.20. The number of nitrogens with zero attached hydrogens (tertiary/aromatic N) is 1. The maximum Gasteiger partial charge on any atom is 0.223 e. The Bertz CT molecular complexity index is 539. The molecule has 0 spiro atoms. The molecule has 24 heavy (non-hydrogen) atoms. The van der Waals surface area contributed by atoms with Gasteiger partial charge in [0.25, 0.3) is 0 Å². The molecule has 0 aromatic heterocycles. The van der Waals surface area contributed by atoms with Crippen molar-refractivity contribution in [3.05, 3.63) is 35.6 Å². The maximum absolute atomic E-state index is 12.9. The zero-order valence-electron chi connectivity index (χ0n) is 14.4. The van der Waals surface area contributed by atoms with Gasteiger partial charge >= 0.3 is 0 Å². The van der Waals surface area contributed by atoms with E-state index >= 15 is 0 Å². The summed E-state index contributed by atoms with van der Waals surface area (Å²) in [7, 11) is 0. The molecule has 1 aliphatic rings. The molecule has 0 atom stereocenters. The van der Waals surface area contributed by atoms with Crippen LogP contribution in [0, 0.1) is 11.7 Å². The number of carbonyl (C=O) groups excluding carboxylic acids is 2. The highest BCUT2D eigenvalue weighted by Crippen LogP contribution is 2.23. The number of amides is 2.